The molecule has 0 aromatic heterocycles. The van der Waals surface area contributed by atoms with E-state index in [9.17, 15) is 0 Å². The molecule has 2 heteroatoms. The fourth-order valence-electron chi connectivity index (χ4n) is 1.41. The van der Waals surface area contributed by atoms with Gasteiger partial charge in [-0.2, -0.15) is 0 Å². The largest absolute Gasteiger partial charge is 0.259 e. The summed E-state index contributed by atoms with van der Waals surface area (Å²) in [5.41, 5.74) is 5.88. The fourth-order valence-corrected chi connectivity index (χ4v) is 2.20. The SMILES string of the molecule is Cc1cc(C)c(C)[c]([AlH2])c1C.[Zr]. The van der Waals surface area contributed by atoms with Gasteiger partial charge in [0.25, 0.3) is 16.3 Å². The van der Waals surface area contributed by atoms with Gasteiger partial charge >= 0.3 is 0 Å². The quantitative estimate of drug-likeness (QED) is 0.609. The first kappa shape index (κ1) is 12.6. The molecule has 0 unspecified atom stereocenters. The minimum Gasteiger partial charge on any atom is -0.115 e. The first-order valence-corrected chi connectivity index (χ1v) is 5.08. The Morgan fingerprint density at radius 2 is 1.25 bits per heavy atom. The molecule has 0 atom stereocenters. The molecule has 0 bridgehead atoms. The van der Waals surface area contributed by atoms with Crippen molar-refractivity contribution in [3.63, 3.8) is 0 Å². The predicted molar refractivity (Wildman–Crippen MR) is 53.6 cm³/mol. The number of benzene rings is 1. The molecule has 0 spiro atoms. The Kier molecular flexibility index (Phi) is 5.01. The zero-order valence-corrected chi connectivity index (χ0v) is 13.0. The molecule has 0 aliphatic heterocycles. The van der Waals surface area contributed by atoms with Crippen LogP contribution in [0.3, 0.4) is 0 Å². The first-order chi connectivity index (χ1) is 5.04. The summed E-state index contributed by atoms with van der Waals surface area (Å²) in [5, 5.41) is 0. The molecular formula is C10H15AlZr. The third kappa shape index (κ3) is 2.32. The Hall–Kier alpha value is 0.636. The van der Waals surface area contributed by atoms with E-state index in [1.165, 1.54) is 38.5 Å². The number of hydrogen-bond donors (Lipinski definition) is 0. The number of hydrogen-bond acceptors (Lipinski definition) is 0. The Labute approximate surface area is 102 Å². The summed E-state index contributed by atoms with van der Waals surface area (Å²) < 4.78 is 1.59. The van der Waals surface area contributed by atoms with Gasteiger partial charge in [-0.25, -0.2) is 0 Å². The van der Waals surface area contributed by atoms with Crippen LogP contribution in [-0.4, -0.2) is 16.3 Å². The van der Waals surface area contributed by atoms with Crippen LogP contribution in [0.4, 0.5) is 0 Å². The van der Waals surface area contributed by atoms with E-state index in [1.54, 1.807) is 4.43 Å². The zero-order chi connectivity index (χ0) is 8.59. The first-order valence-electron chi connectivity index (χ1n) is 4.08. The van der Waals surface area contributed by atoms with Gasteiger partial charge in [0.15, 0.2) is 0 Å². The summed E-state index contributed by atoms with van der Waals surface area (Å²) in [6.45, 7) is 8.85. The van der Waals surface area contributed by atoms with Gasteiger partial charge in [-0.05, 0) is 38.8 Å². The molecule has 0 radical (unpaired) electrons. The molecule has 0 aliphatic rings. The van der Waals surface area contributed by atoms with Crippen LogP contribution in [0.2, 0.25) is 0 Å². The van der Waals surface area contributed by atoms with Crippen molar-refractivity contribution in [2.45, 2.75) is 27.7 Å². The standard InChI is InChI=1S/C10H13.Al.Zr.2H/c1-7-5-9(3)10(4)6-8(7)2;;;;/h5H,1-4H3;;;;. The van der Waals surface area contributed by atoms with Crippen LogP contribution < -0.4 is 4.43 Å². The molecule has 0 saturated carbocycles. The summed E-state index contributed by atoms with van der Waals surface area (Å²) in [5.74, 6) is 0. The van der Waals surface area contributed by atoms with Crippen molar-refractivity contribution in [1.29, 1.82) is 0 Å². The Morgan fingerprint density at radius 3 is 1.58 bits per heavy atom. The molecule has 0 fully saturated rings. The Morgan fingerprint density at radius 1 is 0.917 bits per heavy atom. The monoisotopic (exact) mass is 252 g/mol. The second-order valence-electron chi connectivity index (χ2n) is 3.39. The molecule has 12 heavy (non-hydrogen) atoms. The van der Waals surface area contributed by atoms with Gasteiger partial charge in [0.2, 0.25) is 0 Å². The average molecular weight is 253 g/mol. The summed E-state index contributed by atoms with van der Waals surface area (Å²) in [4.78, 5) is 0. The summed E-state index contributed by atoms with van der Waals surface area (Å²) in [7, 11) is 0. The van der Waals surface area contributed by atoms with Crippen molar-refractivity contribution in [2.75, 3.05) is 0 Å². The van der Waals surface area contributed by atoms with E-state index in [4.69, 9.17) is 0 Å². The van der Waals surface area contributed by atoms with Gasteiger partial charge in [0.05, 0.1) is 0 Å². The van der Waals surface area contributed by atoms with E-state index < -0.39 is 0 Å². The average Bonchev–Trinajstić information content (AvgIpc) is 1.97. The van der Waals surface area contributed by atoms with E-state index in [2.05, 4.69) is 33.8 Å². The van der Waals surface area contributed by atoms with Crippen molar-refractivity contribution in [2.24, 2.45) is 0 Å². The van der Waals surface area contributed by atoms with Gasteiger partial charge in [-0.1, -0.05) is 17.2 Å². The van der Waals surface area contributed by atoms with Crippen molar-refractivity contribution >= 4 is 20.7 Å². The van der Waals surface area contributed by atoms with Crippen molar-refractivity contribution in [1.82, 2.24) is 0 Å². The van der Waals surface area contributed by atoms with E-state index in [-0.39, 0.29) is 26.2 Å². The van der Waals surface area contributed by atoms with Gasteiger partial charge in [-0.3, -0.25) is 0 Å². The normalized spacial score (nSPS) is 9.33. The smallest absolute Gasteiger partial charge is 0.115 e. The maximum absolute atomic E-state index is 2.28. The second-order valence-corrected chi connectivity index (χ2v) is 4.39. The molecule has 0 nitrogen and oxygen atoms in total. The number of aryl methyl sites for hydroxylation is 2. The predicted octanol–water partition coefficient (Wildman–Crippen LogP) is 1.18. The third-order valence-electron chi connectivity index (χ3n) is 2.74. The summed E-state index contributed by atoms with van der Waals surface area (Å²) >= 11 is 1.18. The van der Waals surface area contributed by atoms with Crippen LogP contribution in [0.1, 0.15) is 22.3 Å². The third-order valence-corrected chi connectivity index (χ3v) is 4.24. The second kappa shape index (κ2) is 4.76. The van der Waals surface area contributed by atoms with E-state index >= 15 is 0 Å². The van der Waals surface area contributed by atoms with Crippen LogP contribution in [0.5, 0.6) is 0 Å². The number of rotatable bonds is 0. The molecule has 1 aromatic rings. The van der Waals surface area contributed by atoms with Crippen LogP contribution in [0.15, 0.2) is 6.07 Å². The van der Waals surface area contributed by atoms with Gasteiger partial charge < -0.3 is 0 Å². The summed E-state index contributed by atoms with van der Waals surface area (Å²) in [6, 6.07) is 2.28. The molecular weight excluding hydrogens is 238 g/mol. The minimum absolute atomic E-state index is 0. The molecule has 0 heterocycles. The van der Waals surface area contributed by atoms with Crippen molar-refractivity contribution in [3.8, 4) is 0 Å². The maximum Gasteiger partial charge on any atom is 0.259 e. The fraction of sp³-hybridized carbons (Fsp3) is 0.400. The molecule has 0 amide bonds. The molecule has 1 aromatic carbocycles. The van der Waals surface area contributed by atoms with Crippen LogP contribution in [0.25, 0.3) is 0 Å². The van der Waals surface area contributed by atoms with Gasteiger partial charge in [0.1, 0.15) is 0 Å². The molecule has 0 saturated heterocycles. The van der Waals surface area contributed by atoms with Crippen LogP contribution in [0, 0.1) is 27.7 Å². The van der Waals surface area contributed by atoms with E-state index in [1.807, 2.05) is 0 Å². The summed E-state index contributed by atoms with van der Waals surface area (Å²) in [6.07, 6.45) is 0. The zero-order valence-electron chi connectivity index (χ0n) is 8.58. The molecule has 62 valence electrons. The van der Waals surface area contributed by atoms with E-state index in [0.29, 0.717) is 0 Å². The molecule has 0 N–H and O–H groups in total. The molecule has 0 aliphatic carbocycles. The van der Waals surface area contributed by atoms with Crippen LogP contribution in [-0.2, 0) is 26.2 Å². The van der Waals surface area contributed by atoms with E-state index in [0.717, 1.165) is 0 Å². The Bertz CT molecular complexity index is 266. The Balaban J connectivity index is 0.00000121. The van der Waals surface area contributed by atoms with Crippen molar-refractivity contribution < 1.29 is 26.2 Å². The maximum atomic E-state index is 2.28. The van der Waals surface area contributed by atoms with Crippen molar-refractivity contribution in [3.05, 3.63) is 28.3 Å². The minimum atomic E-state index is 0. The van der Waals surface area contributed by atoms with Gasteiger partial charge in [-0.15, -0.1) is 4.43 Å². The van der Waals surface area contributed by atoms with Crippen LogP contribution >= 0.6 is 0 Å². The topological polar surface area (TPSA) is 0 Å². The molecule has 1 rings (SSSR count). The van der Waals surface area contributed by atoms with Gasteiger partial charge in [0, 0.05) is 26.2 Å².